The molecule has 0 aliphatic carbocycles. The monoisotopic (exact) mass is 390 g/mol. The summed E-state index contributed by atoms with van der Waals surface area (Å²) in [7, 11) is 1.20. The minimum atomic E-state index is -1.03. The lowest BCUT2D eigenvalue weighted by Gasteiger charge is -2.20. The summed E-state index contributed by atoms with van der Waals surface area (Å²) >= 11 is 0. The van der Waals surface area contributed by atoms with E-state index in [0.29, 0.717) is 11.6 Å². The number of ether oxygens (including phenoxy) is 1. The predicted molar refractivity (Wildman–Crippen MR) is 97.0 cm³/mol. The summed E-state index contributed by atoms with van der Waals surface area (Å²) < 4.78 is 31.1. The number of methoxy groups -OCH3 is 1. The lowest BCUT2D eigenvalue weighted by atomic mass is 10.1. The van der Waals surface area contributed by atoms with E-state index in [0.717, 1.165) is 12.1 Å². The molecule has 0 aromatic heterocycles. The van der Waals surface area contributed by atoms with Gasteiger partial charge in [0.05, 0.1) is 13.5 Å². The highest BCUT2D eigenvalue weighted by Gasteiger charge is 2.26. The van der Waals surface area contributed by atoms with Crippen molar-refractivity contribution in [2.75, 3.05) is 7.11 Å². The summed E-state index contributed by atoms with van der Waals surface area (Å²) in [4.78, 5) is 36.5. The van der Waals surface area contributed by atoms with Gasteiger partial charge in [0, 0.05) is 6.07 Å². The Balaban J connectivity index is 2.00. The molecule has 148 valence electrons. The molecule has 2 amide bonds. The van der Waals surface area contributed by atoms with Crippen LogP contribution in [0.1, 0.15) is 24.1 Å². The van der Waals surface area contributed by atoms with Crippen molar-refractivity contribution in [3.05, 3.63) is 71.3 Å². The number of amides is 2. The Morgan fingerprint density at radius 1 is 1.00 bits per heavy atom. The molecule has 0 aliphatic rings. The first-order chi connectivity index (χ1) is 13.3. The summed E-state index contributed by atoms with van der Waals surface area (Å²) in [5.41, 5.74) is 0.663. The van der Waals surface area contributed by atoms with E-state index in [4.69, 9.17) is 4.74 Å². The second kappa shape index (κ2) is 9.59. The molecule has 2 aromatic rings. The van der Waals surface area contributed by atoms with E-state index in [1.807, 2.05) is 0 Å². The summed E-state index contributed by atoms with van der Waals surface area (Å²) in [5.74, 6) is -3.46. The predicted octanol–water partition coefficient (Wildman–Crippen LogP) is 2.04. The van der Waals surface area contributed by atoms with Crippen LogP contribution in [0.25, 0.3) is 0 Å². The molecule has 28 heavy (non-hydrogen) atoms. The standard InChI is InChI=1S/C20H20F2N2O4/c1-12(23-17(25)10-13-8-15(21)11-16(22)9-13)19(26)24-18(20(27)28-2)14-6-4-3-5-7-14/h3-9,11-12,18H,10H2,1-2H3,(H,23,25)(H,24,26)/t12-,18-/m0/s1. The van der Waals surface area contributed by atoms with Gasteiger partial charge in [0.2, 0.25) is 11.8 Å². The molecular weight excluding hydrogens is 370 g/mol. The van der Waals surface area contributed by atoms with E-state index in [1.54, 1.807) is 30.3 Å². The molecule has 0 unspecified atom stereocenters. The van der Waals surface area contributed by atoms with Gasteiger partial charge in [-0.2, -0.15) is 0 Å². The Bertz CT molecular complexity index is 838. The Labute approximate surface area is 160 Å². The van der Waals surface area contributed by atoms with E-state index < -0.39 is 41.5 Å². The van der Waals surface area contributed by atoms with E-state index in [9.17, 15) is 23.2 Å². The van der Waals surface area contributed by atoms with Crippen molar-refractivity contribution in [2.24, 2.45) is 0 Å². The van der Waals surface area contributed by atoms with Crippen LogP contribution in [0, 0.1) is 11.6 Å². The zero-order valence-corrected chi connectivity index (χ0v) is 15.4. The first-order valence-corrected chi connectivity index (χ1v) is 8.47. The second-order valence-electron chi connectivity index (χ2n) is 6.12. The topological polar surface area (TPSA) is 84.5 Å². The minimum Gasteiger partial charge on any atom is -0.467 e. The second-order valence-corrected chi connectivity index (χ2v) is 6.12. The molecule has 0 radical (unpaired) electrons. The Hall–Kier alpha value is -3.29. The molecule has 2 rings (SSSR count). The highest BCUT2D eigenvalue weighted by molar-refractivity contribution is 5.91. The van der Waals surface area contributed by atoms with Gasteiger partial charge in [-0.15, -0.1) is 0 Å². The fourth-order valence-corrected chi connectivity index (χ4v) is 2.57. The van der Waals surface area contributed by atoms with Gasteiger partial charge in [0.15, 0.2) is 6.04 Å². The van der Waals surface area contributed by atoms with Crippen LogP contribution < -0.4 is 10.6 Å². The third-order valence-corrected chi connectivity index (χ3v) is 3.91. The molecule has 6 nitrogen and oxygen atoms in total. The van der Waals surface area contributed by atoms with Crippen LogP contribution in [0.5, 0.6) is 0 Å². The molecule has 2 N–H and O–H groups in total. The van der Waals surface area contributed by atoms with Gasteiger partial charge in [0.25, 0.3) is 0 Å². The van der Waals surface area contributed by atoms with Crippen LogP contribution in [0.4, 0.5) is 8.78 Å². The van der Waals surface area contributed by atoms with Crippen molar-refractivity contribution in [3.63, 3.8) is 0 Å². The number of halogens is 2. The molecule has 0 fully saturated rings. The fraction of sp³-hybridized carbons (Fsp3) is 0.250. The Morgan fingerprint density at radius 3 is 2.18 bits per heavy atom. The first kappa shape index (κ1) is 21.0. The van der Waals surface area contributed by atoms with Crippen molar-refractivity contribution in [1.29, 1.82) is 0 Å². The van der Waals surface area contributed by atoms with Crippen LogP contribution in [-0.4, -0.2) is 30.9 Å². The number of hydrogen-bond acceptors (Lipinski definition) is 4. The zero-order chi connectivity index (χ0) is 20.7. The number of carbonyl (C=O) groups excluding carboxylic acids is 3. The van der Waals surface area contributed by atoms with Crippen molar-refractivity contribution in [3.8, 4) is 0 Å². The number of nitrogens with one attached hydrogen (secondary N) is 2. The van der Waals surface area contributed by atoms with Gasteiger partial charge < -0.3 is 15.4 Å². The van der Waals surface area contributed by atoms with Gasteiger partial charge in [0.1, 0.15) is 17.7 Å². The van der Waals surface area contributed by atoms with Crippen molar-refractivity contribution in [2.45, 2.75) is 25.4 Å². The maximum absolute atomic E-state index is 13.2. The molecule has 2 aromatic carbocycles. The fourth-order valence-electron chi connectivity index (χ4n) is 2.57. The number of carbonyl (C=O) groups is 3. The summed E-state index contributed by atoms with van der Waals surface area (Å²) in [5, 5.41) is 4.96. The molecule has 8 heteroatoms. The molecule has 0 spiro atoms. The smallest absolute Gasteiger partial charge is 0.333 e. The molecule has 0 heterocycles. The number of esters is 1. The van der Waals surface area contributed by atoms with Gasteiger partial charge in [-0.3, -0.25) is 9.59 Å². The summed E-state index contributed by atoms with van der Waals surface area (Å²) in [6, 6.07) is 9.25. The molecule has 0 saturated carbocycles. The van der Waals surface area contributed by atoms with Crippen molar-refractivity contribution >= 4 is 17.8 Å². The normalized spacial score (nSPS) is 12.6. The quantitative estimate of drug-likeness (QED) is 0.709. The molecule has 0 bridgehead atoms. The third-order valence-electron chi connectivity index (χ3n) is 3.91. The highest BCUT2D eigenvalue weighted by Crippen LogP contribution is 2.14. The number of benzene rings is 2. The van der Waals surface area contributed by atoms with Gasteiger partial charge in [-0.05, 0) is 30.2 Å². The SMILES string of the molecule is COC(=O)[C@@H](NC(=O)[C@H](C)NC(=O)Cc1cc(F)cc(F)c1)c1ccccc1. The third kappa shape index (κ3) is 5.87. The Morgan fingerprint density at radius 2 is 1.61 bits per heavy atom. The van der Waals surface area contributed by atoms with Crippen LogP contribution in [0.3, 0.4) is 0 Å². The minimum absolute atomic E-state index is 0.138. The van der Waals surface area contributed by atoms with E-state index >= 15 is 0 Å². The maximum atomic E-state index is 13.2. The number of hydrogen-bond donors (Lipinski definition) is 2. The van der Waals surface area contributed by atoms with Crippen LogP contribution in [0.15, 0.2) is 48.5 Å². The largest absolute Gasteiger partial charge is 0.467 e. The van der Waals surface area contributed by atoms with E-state index in [1.165, 1.54) is 14.0 Å². The highest BCUT2D eigenvalue weighted by atomic mass is 19.1. The van der Waals surface area contributed by atoms with Crippen LogP contribution >= 0.6 is 0 Å². The zero-order valence-electron chi connectivity index (χ0n) is 15.4. The molecule has 0 aliphatic heterocycles. The van der Waals surface area contributed by atoms with Crippen molar-refractivity contribution < 1.29 is 27.9 Å². The average molecular weight is 390 g/mol. The van der Waals surface area contributed by atoms with Crippen LogP contribution in [0.2, 0.25) is 0 Å². The van der Waals surface area contributed by atoms with Gasteiger partial charge in [-0.25, -0.2) is 13.6 Å². The molecule has 0 saturated heterocycles. The van der Waals surface area contributed by atoms with E-state index in [2.05, 4.69) is 10.6 Å². The van der Waals surface area contributed by atoms with Crippen LogP contribution in [-0.2, 0) is 25.5 Å². The summed E-state index contributed by atoms with van der Waals surface area (Å²) in [6.07, 6.45) is -0.300. The van der Waals surface area contributed by atoms with Crippen molar-refractivity contribution in [1.82, 2.24) is 10.6 Å². The number of rotatable bonds is 7. The van der Waals surface area contributed by atoms with Gasteiger partial charge >= 0.3 is 5.97 Å². The summed E-state index contributed by atoms with van der Waals surface area (Å²) in [6.45, 7) is 1.43. The lowest BCUT2D eigenvalue weighted by molar-refractivity contribution is -0.145. The van der Waals surface area contributed by atoms with Gasteiger partial charge in [-0.1, -0.05) is 30.3 Å². The molecular formula is C20H20F2N2O4. The Kier molecular flexibility index (Phi) is 7.20. The average Bonchev–Trinajstić information content (AvgIpc) is 2.64. The maximum Gasteiger partial charge on any atom is 0.333 e. The lowest BCUT2D eigenvalue weighted by Crippen LogP contribution is -2.47. The molecule has 2 atom stereocenters. The first-order valence-electron chi connectivity index (χ1n) is 8.47. The van der Waals surface area contributed by atoms with E-state index in [-0.39, 0.29) is 12.0 Å².